The summed E-state index contributed by atoms with van der Waals surface area (Å²) in [4.78, 5) is 39.9. The van der Waals surface area contributed by atoms with Crippen molar-refractivity contribution in [2.24, 2.45) is 13.0 Å². The molecule has 0 saturated carbocycles. The molecule has 29 heavy (non-hydrogen) atoms. The van der Waals surface area contributed by atoms with Gasteiger partial charge in [-0.3, -0.25) is 9.59 Å². The first kappa shape index (κ1) is 22.4. The molecule has 0 aliphatic carbocycles. The van der Waals surface area contributed by atoms with E-state index in [1.54, 1.807) is 42.5 Å². The minimum absolute atomic E-state index is 0.0444. The number of carbonyl (C=O) groups is 3. The molecule has 0 saturated heterocycles. The van der Waals surface area contributed by atoms with Gasteiger partial charge >= 0.3 is 5.97 Å². The van der Waals surface area contributed by atoms with Crippen LogP contribution in [0.2, 0.25) is 0 Å². The number of aromatic nitrogens is 1. The van der Waals surface area contributed by atoms with Gasteiger partial charge in [-0.25, -0.2) is 4.79 Å². The van der Waals surface area contributed by atoms with Crippen molar-refractivity contribution < 1.29 is 19.1 Å². The molecule has 6 heteroatoms. The molecule has 1 heterocycles. The number of methoxy groups -OCH3 is 1. The molecular weight excluding hydrogens is 368 g/mol. The van der Waals surface area contributed by atoms with Crippen molar-refractivity contribution >= 4 is 17.7 Å². The lowest BCUT2D eigenvalue weighted by molar-refractivity contribution is 0.0588. The number of esters is 1. The second-order valence-electron chi connectivity index (χ2n) is 7.85. The number of rotatable bonds is 7. The van der Waals surface area contributed by atoms with Gasteiger partial charge in [0.1, 0.15) is 5.69 Å². The van der Waals surface area contributed by atoms with E-state index in [4.69, 9.17) is 4.74 Å². The van der Waals surface area contributed by atoms with Gasteiger partial charge in [-0.15, -0.1) is 0 Å². The van der Waals surface area contributed by atoms with Crippen LogP contribution in [0.3, 0.4) is 0 Å². The summed E-state index contributed by atoms with van der Waals surface area (Å²) in [6, 6.07) is 7.33. The number of benzene rings is 1. The van der Waals surface area contributed by atoms with Gasteiger partial charge in [-0.1, -0.05) is 31.5 Å². The normalized spacial score (nSPS) is 10.9. The third kappa shape index (κ3) is 4.75. The van der Waals surface area contributed by atoms with Crippen molar-refractivity contribution in [1.29, 1.82) is 0 Å². The Hall–Kier alpha value is -2.89. The number of ether oxygens (including phenoxy) is 1. The third-order valence-corrected chi connectivity index (χ3v) is 5.09. The Kier molecular flexibility index (Phi) is 7.01. The van der Waals surface area contributed by atoms with Crippen LogP contribution in [0.5, 0.6) is 0 Å². The SMILES string of the molecule is COC(=O)c1c(C)c(C(=O)CN(CC(C)C)C(=O)c2ccc(C)cc2)c(C)n1C. The summed E-state index contributed by atoms with van der Waals surface area (Å²) in [6.45, 7) is 9.93. The van der Waals surface area contributed by atoms with Crippen LogP contribution in [0, 0.1) is 26.7 Å². The van der Waals surface area contributed by atoms with Crippen LogP contribution in [0.25, 0.3) is 0 Å². The second-order valence-corrected chi connectivity index (χ2v) is 7.85. The van der Waals surface area contributed by atoms with Crippen LogP contribution in [-0.4, -0.2) is 47.3 Å². The van der Waals surface area contributed by atoms with E-state index < -0.39 is 5.97 Å². The van der Waals surface area contributed by atoms with Gasteiger partial charge < -0.3 is 14.2 Å². The van der Waals surface area contributed by atoms with E-state index >= 15 is 0 Å². The summed E-state index contributed by atoms with van der Waals surface area (Å²) in [5.41, 5.74) is 3.71. The standard InChI is InChI=1S/C23H30N2O4/c1-14(2)12-25(22(27)18-10-8-15(3)9-11-18)13-19(26)20-16(4)21(23(28)29-7)24(6)17(20)5/h8-11,14H,12-13H2,1-7H3. The van der Waals surface area contributed by atoms with E-state index in [0.717, 1.165) is 5.56 Å². The van der Waals surface area contributed by atoms with E-state index in [-0.39, 0.29) is 24.2 Å². The fraction of sp³-hybridized carbons (Fsp3) is 0.435. The first-order valence-electron chi connectivity index (χ1n) is 9.71. The fourth-order valence-corrected chi connectivity index (χ4v) is 3.57. The van der Waals surface area contributed by atoms with Crippen molar-refractivity contribution in [2.75, 3.05) is 20.2 Å². The number of hydrogen-bond donors (Lipinski definition) is 0. The zero-order valence-electron chi connectivity index (χ0n) is 18.3. The Morgan fingerprint density at radius 1 is 1.07 bits per heavy atom. The number of carbonyl (C=O) groups excluding carboxylic acids is 3. The summed E-state index contributed by atoms with van der Waals surface area (Å²) in [5, 5.41) is 0. The molecular formula is C23H30N2O4. The van der Waals surface area contributed by atoms with Crippen LogP contribution >= 0.6 is 0 Å². The molecule has 0 fully saturated rings. The molecule has 0 aliphatic rings. The molecule has 0 radical (unpaired) electrons. The maximum atomic E-state index is 13.2. The van der Waals surface area contributed by atoms with Crippen LogP contribution < -0.4 is 0 Å². The molecule has 0 unspecified atom stereocenters. The molecule has 1 amide bonds. The minimum atomic E-state index is -0.484. The molecule has 6 nitrogen and oxygen atoms in total. The van der Waals surface area contributed by atoms with Gasteiger partial charge in [-0.05, 0) is 44.4 Å². The van der Waals surface area contributed by atoms with Gasteiger partial charge in [-0.2, -0.15) is 0 Å². The average Bonchev–Trinajstić information content (AvgIpc) is 2.89. The topological polar surface area (TPSA) is 68.6 Å². The van der Waals surface area contributed by atoms with Gasteiger partial charge in [0.05, 0.1) is 13.7 Å². The van der Waals surface area contributed by atoms with Crippen LogP contribution in [0.4, 0.5) is 0 Å². The fourth-order valence-electron chi connectivity index (χ4n) is 3.57. The summed E-state index contributed by atoms with van der Waals surface area (Å²) >= 11 is 0. The maximum Gasteiger partial charge on any atom is 0.354 e. The molecule has 2 rings (SSSR count). The number of ketones is 1. The zero-order chi connectivity index (χ0) is 21.9. The lowest BCUT2D eigenvalue weighted by Gasteiger charge is -2.24. The van der Waals surface area contributed by atoms with Gasteiger partial charge in [0.25, 0.3) is 5.91 Å². The molecule has 0 atom stereocenters. The number of hydrogen-bond acceptors (Lipinski definition) is 4. The molecule has 0 aliphatic heterocycles. The van der Waals surface area contributed by atoms with Gasteiger partial charge in [0.15, 0.2) is 5.78 Å². The van der Waals surface area contributed by atoms with Crippen molar-refractivity contribution in [3.8, 4) is 0 Å². The Balaban J connectivity index is 2.37. The van der Waals surface area contributed by atoms with Crippen LogP contribution in [0.15, 0.2) is 24.3 Å². The number of Topliss-reactive ketones (excluding diaryl/α,β-unsaturated/α-hetero) is 1. The summed E-state index contributed by atoms with van der Waals surface area (Å²) < 4.78 is 6.52. The Bertz CT molecular complexity index is 923. The highest BCUT2D eigenvalue weighted by Crippen LogP contribution is 2.23. The lowest BCUT2D eigenvalue weighted by Crippen LogP contribution is -2.38. The van der Waals surface area contributed by atoms with Crippen molar-refractivity contribution in [1.82, 2.24) is 9.47 Å². The van der Waals surface area contributed by atoms with E-state index in [9.17, 15) is 14.4 Å². The first-order valence-corrected chi connectivity index (χ1v) is 9.71. The summed E-state index contributed by atoms with van der Waals surface area (Å²) in [7, 11) is 3.05. The molecule has 1 aromatic heterocycles. The number of nitrogens with zero attached hydrogens (tertiary/aromatic N) is 2. The quantitative estimate of drug-likeness (QED) is 0.527. The molecule has 0 bridgehead atoms. The van der Waals surface area contributed by atoms with Gasteiger partial charge in [0.2, 0.25) is 0 Å². The van der Waals surface area contributed by atoms with Crippen molar-refractivity contribution in [3.63, 3.8) is 0 Å². The first-order chi connectivity index (χ1) is 13.6. The third-order valence-electron chi connectivity index (χ3n) is 5.09. The summed E-state index contributed by atoms with van der Waals surface area (Å²) in [6.07, 6.45) is 0. The Morgan fingerprint density at radius 2 is 1.66 bits per heavy atom. The average molecular weight is 399 g/mol. The van der Waals surface area contributed by atoms with E-state index in [1.165, 1.54) is 7.11 Å². The Labute approximate surface area is 172 Å². The smallest absolute Gasteiger partial charge is 0.354 e. The molecule has 1 aromatic carbocycles. The second kappa shape index (κ2) is 9.07. The maximum absolute atomic E-state index is 13.2. The minimum Gasteiger partial charge on any atom is -0.464 e. The predicted molar refractivity (Wildman–Crippen MR) is 112 cm³/mol. The van der Waals surface area contributed by atoms with E-state index in [1.807, 2.05) is 32.9 Å². The highest BCUT2D eigenvalue weighted by molar-refractivity contribution is 6.06. The zero-order valence-corrected chi connectivity index (χ0v) is 18.3. The number of aryl methyl sites for hydroxylation is 1. The van der Waals surface area contributed by atoms with Crippen LogP contribution in [0.1, 0.15) is 61.9 Å². The monoisotopic (exact) mass is 398 g/mol. The largest absolute Gasteiger partial charge is 0.464 e. The Morgan fingerprint density at radius 3 is 2.17 bits per heavy atom. The molecule has 2 aromatic rings. The number of amides is 1. The molecule has 156 valence electrons. The molecule has 0 spiro atoms. The van der Waals surface area contributed by atoms with Crippen molar-refractivity contribution in [2.45, 2.75) is 34.6 Å². The van der Waals surface area contributed by atoms with Crippen molar-refractivity contribution in [3.05, 3.63) is 57.9 Å². The highest BCUT2D eigenvalue weighted by Gasteiger charge is 2.28. The van der Waals surface area contributed by atoms with Gasteiger partial charge in [0, 0.05) is 30.4 Å². The predicted octanol–water partition coefficient (Wildman–Crippen LogP) is 3.72. The van der Waals surface area contributed by atoms with E-state index in [2.05, 4.69) is 0 Å². The highest BCUT2D eigenvalue weighted by atomic mass is 16.5. The molecule has 0 N–H and O–H groups in total. The van der Waals surface area contributed by atoms with Crippen LogP contribution in [-0.2, 0) is 11.8 Å². The summed E-state index contributed by atoms with van der Waals surface area (Å²) in [5.74, 6) is -0.638. The lowest BCUT2D eigenvalue weighted by atomic mass is 10.0. The van der Waals surface area contributed by atoms with E-state index in [0.29, 0.717) is 34.6 Å².